The molecular weight excluding hydrogens is 657 g/mol. The van der Waals surface area contributed by atoms with Crippen LogP contribution in [0.2, 0.25) is 10.0 Å². The lowest BCUT2D eigenvalue weighted by Gasteiger charge is -2.26. The van der Waals surface area contributed by atoms with Crippen molar-refractivity contribution in [2.75, 3.05) is 50.0 Å². The number of piperidine rings is 1. The summed E-state index contributed by atoms with van der Waals surface area (Å²) < 4.78 is 7.08. The van der Waals surface area contributed by atoms with Gasteiger partial charge in [0.05, 0.1) is 22.3 Å². The number of carbonyl (C=O) groups is 2. The van der Waals surface area contributed by atoms with E-state index < -0.39 is 11.6 Å². The van der Waals surface area contributed by atoms with Crippen LogP contribution in [0.4, 0.5) is 16.3 Å². The zero-order chi connectivity index (χ0) is 34.0. The van der Waals surface area contributed by atoms with Crippen LogP contribution in [0, 0.1) is 0 Å². The van der Waals surface area contributed by atoms with Crippen molar-refractivity contribution in [1.82, 2.24) is 25.0 Å². The number of urea groups is 1. The van der Waals surface area contributed by atoms with Gasteiger partial charge in [-0.1, -0.05) is 47.8 Å². The van der Waals surface area contributed by atoms with Crippen molar-refractivity contribution >= 4 is 46.6 Å². The third-order valence-corrected chi connectivity index (χ3v) is 8.28. The summed E-state index contributed by atoms with van der Waals surface area (Å²) in [6, 6.07) is 14.7. The SMILES string of the molecule is CCn1nc(-c2cccc(-c3cc(C(=O)NCCN4CCCCC4)ccc3OCCO)c2)cc(NC(=O)Nc2ncc(Cl)cc2Cl)c1=O. The molecular formula is C34H37Cl2N7O5. The van der Waals surface area contributed by atoms with Gasteiger partial charge in [-0.3, -0.25) is 14.9 Å². The highest BCUT2D eigenvalue weighted by Crippen LogP contribution is 2.34. The second-order valence-corrected chi connectivity index (χ2v) is 12.0. The number of nitrogens with one attached hydrogen (secondary N) is 3. The minimum Gasteiger partial charge on any atom is -0.491 e. The molecule has 0 atom stereocenters. The molecule has 252 valence electrons. The predicted octanol–water partition coefficient (Wildman–Crippen LogP) is 5.53. The number of carbonyl (C=O) groups excluding carboxylic acids is 2. The number of halogens is 2. The number of benzene rings is 2. The zero-order valence-corrected chi connectivity index (χ0v) is 28.0. The molecule has 48 heavy (non-hydrogen) atoms. The highest BCUT2D eigenvalue weighted by Gasteiger charge is 2.17. The molecule has 3 heterocycles. The van der Waals surface area contributed by atoms with Gasteiger partial charge in [0, 0.05) is 42.5 Å². The molecule has 5 rings (SSSR count). The van der Waals surface area contributed by atoms with E-state index in [-0.39, 0.29) is 42.2 Å². The van der Waals surface area contributed by atoms with Crippen LogP contribution in [-0.2, 0) is 6.54 Å². The number of ether oxygens (including phenoxy) is 1. The number of hydrogen-bond acceptors (Lipinski definition) is 8. The monoisotopic (exact) mass is 693 g/mol. The summed E-state index contributed by atoms with van der Waals surface area (Å²) in [6.07, 6.45) is 4.96. The lowest BCUT2D eigenvalue weighted by atomic mass is 9.98. The molecule has 1 fully saturated rings. The van der Waals surface area contributed by atoms with Crippen molar-refractivity contribution < 1.29 is 19.4 Å². The quantitative estimate of drug-likeness (QED) is 0.151. The van der Waals surface area contributed by atoms with Gasteiger partial charge < -0.3 is 25.4 Å². The molecule has 14 heteroatoms. The van der Waals surface area contributed by atoms with Gasteiger partial charge in [0.1, 0.15) is 18.0 Å². The summed E-state index contributed by atoms with van der Waals surface area (Å²) in [5.41, 5.74) is 2.38. The van der Waals surface area contributed by atoms with E-state index in [1.165, 1.54) is 42.3 Å². The fraction of sp³-hybridized carbons (Fsp3) is 0.324. The normalized spacial score (nSPS) is 13.2. The number of amides is 3. The maximum Gasteiger partial charge on any atom is 0.325 e. The van der Waals surface area contributed by atoms with Crippen molar-refractivity contribution in [3.8, 4) is 28.1 Å². The maximum atomic E-state index is 13.2. The number of aliphatic hydroxyl groups excluding tert-OH is 1. The summed E-state index contributed by atoms with van der Waals surface area (Å²) in [6.45, 7) is 5.37. The number of aryl methyl sites for hydroxylation is 1. The molecule has 1 aliphatic heterocycles. The van der Waals surface area contributed by atoms with E-state index in [1.54, 1.807) is 25.1 Å². The molecule has 4 aromatic rings. The van der Waals surface area contributed by atoms with Gasteiger partial charge in [-0.2, -0.15) is 5.10 Å². The molecule has 2 aromatic carbocycles. The van der Waals surface area contributed by atoms with Gasteiger partial charge >= 0.3 is 6.03 Å². The van der Waals surface area contributed by atoms with Gasteiger partial charge in [-0.05, 0) is 74.8 Å². The molecule has 1 aliphatic rings. The number of aromatic nitrogens is 3. The van der Waals surface area contributed by atoms with Crippen LogP contribution in [-0.4, -0.2) is 76.1 Å². The number of hydrogen-bond donors (Lipinski definition) is 4. The van der Waals surface area contributed by atoms with Gasteiger partial charge in [0.15, 0.2) is 5.82 Å². The van der Waals surface area contributed by atoms with Gasteiger partial charge in [-0.25, -0.2) is 14.5 Å². The number of nitrogens with zero attached hydrogens (tertiary/aromatic N) is 4. The Morgan fingerprint density at radius 1 is 1.00 bits per heavy atom. The molecule has 1 saturated heterocycles. The first-order chi connectivity index (χ1) is 23.2. The van der Waals surface area contributed by atoms with E-state index in [4.69, 9.17) is 27.9 Å². The van der Waals surface area contributed by atoms with Crippen molar-refractivity contribution in [2.24, 2.45) is 0 Å². The smallest absolute Gasteiger partial charge is 0.325 e. The minimum atomic E-state index is -0.728. The maximum absolute atomic E-state index is 13.2. The summed E-state index contributed by atoms with van der Waals surface area (Å²) in [5.74, 6) is 0.374. The van der Waals surface area contributed by atoms with Crippen LogP contribution in [0.15, 0.2) is 65.6 Å². The second kappa shape index (κ2) is 16.6. The standard InChI is InChI=1S/C34H37Cl2N7O5/c1-2-43-33(46)29(39-34(47)40-31-27(36)19-25(35)21-38-31)20-28(41-43)23-8-6-7-22(17-23)26-18-24(9-10-30(26)48-16-15-44)32(45)37-11-14-42-12-4-3-5-13-42/h6-10,17-21,44H,2-5,11-16H2,1H3,(H,37,45)(H2,38,39,40,47). The highest BCUT2D eigenvalue weighted by molar-refractivity contribution is 6.36. The van der Waals surface area contributed by atoms with Crippen LogP contribution in [0.5, 0.6) is 5.75 Å². The summed E-state index contributed by atoms with van der Waals surface area (Å²) in [7, 11) is 0. The molecule has 0 saturated carbocycles. The Morgan fingerprint density at radius 2 is 1.79 bits per heavy atom. The van der Waals surface area contributed by atoms with E-state index in [2.05, 4.69) is 30.9 Å². The number of anilines is 2. The van der Waals surface area contributed by atoms with E-state index in [1.807, 2.05) is 24.3 Å². The van der Waals surface area contributed by atoms with E-state index >= 15 is 0 Å². The first-order valence-corrected chi connectivity index (χ1v) is 16.5. The largest absolute Gasteiger partial charge is 0.491 e. The number of aliphatic hydroxyl groups is 1. The molecule has 4 N–H and O–H groups in total. The second-order valence-electron chi connectivity index (χ2n) is 11.1. The average Bonchev–Trinajstić information content (AvgIpc) is 3.10. The summed E-state index contributed by atoms with van der Waals surface area (Å²) >= 11 is 12.0. The van der Waals surface area contributed by atoms with Crippen molar-refractivity contribution in [3.05, 3.63) is 86.8 Å². The molecule has 2 aromatic heterocycles. The molecule has 0 radical (unpaired) electrons. The number of pyridine rings is 1. The summed E-state index contributed by atoms with van der Waals surface area (Å²) in [5, 5.41) is 22.5. The van der Waals surface area contributed by atoms with Crippen molar-refractivity contribution in [2.45, 2.75) is 32.7 Å². The summed E-state index contributed by atoms with van der Waals surface area (Å²) in [4.78, 5) is 45.5. The molecule has 0 aliphatic carbocycles. The minimum absolute atomic E-state index is 0.00923. The third kappa shape index (κ3) is 8.90. The third-order valence-electron chi connectivity index (χ3n) is 7.78. The molecule has 0 spiro atoms. The fourth-order valence-corrected chi connectivity index (χ4v) is 5.82. The topological polar surface area (TPSA) is 151 Å². The Balaban J connectivity index is 1.40. The van der Waals surface area contributed by atoms with E-state index in [0.717, 1.165) is 25.2 Å². The first-order valence-electron chi connectivity index (χ1n) is 15.8. The average molecular weight is 695 g/mol. The number of likely N-dealkylation sites (tertiary alicyclic amines) is 1. The van der Waals surface area contributed by atoms with Gasteiger partial charge in [0.2, 0.25) is 0 Å². The molecule has 0 unspecified atom stereocenters. The highest BCUT2D eigenvalue weighted by atomic mass is 35.5. The van der Waals surface area contributed by atoms with Crippen LogP contribution in [0.3, 0.4) is 0 Å². The van der Waals surface area contributed by atoms with Crippen molar-refractivity contribution in [3.63, 3.8) is 0 Å². The Morgan fingerprint density at radius 3 is 2.54 bits per heavy atom. The van der Waals surface area contributed by atoms with E-state index in [9.17, 15) is 19.5 Å². The fourth-order valence-electron chi connectivity index (χ4n) is 5.39. The number of rotatable bonds is 12. The van der Waals surface area contributed by atoms with Crippen LogP contribution in [0.1, 0.15) is 36.5 Å². The zero-order valence-electron chi connectivity index (χ0n) is 26.5. The molecule has 3 amide bonds. The Labute approximate surface area is 288 Å². The Hall–Kier alpha value is -4.49. The molecule has 12 nitrogen and oxygen atoms in total. The Kier molecular flexibility index (Phi) is 12.0. The molecule has 0 bridgehead atoms. The van der Waals surface area contributed by atoms with Gasteiger partial charge in [0.25, 0.3) is 11.5 Å². The Bertz CT molecular complexity index is 1830. The van der Waals surface area contributed by atoms with E-state index in [0.29, 0.717) is 39.7 Å². The van der Waals surface area contributed by atoms with Crippen LogP contribution in [0.25, 0.3) is 22.4 Å². The van der Waals surface area contributed by atoms with Crippen LogP contribution < -0.4 is 26.2 Å². The van der Waals surface area contributed by atoms with Crippen molar-refractivity contribution in [1.29, 1.82) is 0 Å². The lowest BCUT2D eigenvalue weighted by Crippen LogP contribution is -2.37. The van der Waals surface area contributed by atoms with Crippen LogP contribution >= 0.6 is 23.2 Å². The lowest BCUT2D eigenvalue weighted by molar-refractivity contribution is 0.0946. The predicted molar refractivity (Wildman–Crippen MR) is 187 cm³/mol. The van der Waals surface area contributed by atoms with Gasteiger partial charge in [-0.15, -0.1) is 0 Å². The first kappa shape index (κ1) is 34.8.